The average molecular weight is 429 g/mol. The van der Waals surface area contributed by atoms with Gasteiger partial charge in [0.1, 0.15) is 21.7 Å². The van der Waals surface area contributed by atoms with Gasteiger partial charge in [0, 0.05) is 23.6 Å². The van der Waals surface area contributed by atoms with Crippen LogP contribution in [0.1, 0.15) is 17.0 Å². The first-order valence-electron chi connectivity index (χ1n) is 8.94. The Bertz CT molecular complexity index is 1280. The largest absolute Gasteiger partial charge is 0.497 e. The van der Waals surface area contributed by atoms with E-state index >= 15 is 0 Å². The van der Waals surface area contributed by atoms with E-state index in [4.69, 9.17) is 4.74 Å². The Morgan fingerprint density at radius 3 is 2.59 bits per heavy atom. The van der Waals surface area contributed by atoms with Gasteiger partial charge in [-0.05, 0) is 61.9 Å². The fourth-order valence-electron chi connectivity index (χ4n) is 3.39. The first kappa shape index (κ1) is 19.6. The molecule has 1 N–H and O–H groups in total. The Labute approximate surface area is 173 Å². The molecule has 0 aliphatic heterocycles. The van der Waals surface area contributed by atoms with Crippen molar-refractivity contribution in [3.8, 4) is 11.4 Å². The van der Waals surface area contributed by atoms with E-state index in [-0.39, 0.29) is 11.4 Å². The van der Waals surface area contributed by atoms with Crippen LogP contribution in [0, 0.1) is 13.8 Å². The zero-order valence-corrected chi connectivity index (χ0v) is 17.8. The third-order valence-corrected chi connectivity index (χ3v) is 6.83. The molecule has 0 saturated heterocycles. The van der Waals surface area contributed by atoms with Gasteiger partial charge in [-0.2, -0.15) is 8.75 Å². The van der Waals surface area contributed by atoms with Crippen LogP contribution >= 0.6 is 11.7 Å². The second kappa shape index (κ2) is 7.58. The molecule has 2 heterocycles. The molecule has 4 rings (SSSR count). The summed E-state index contributed by atoms with van der Waals surface area (Å²) in [6, 6.07) is 14.7. The van der Waals surface area contributed by atoms with Gasteiger partial charge in [-0.15, -0.1) is 0 Å². The quantitative estimate of drug-likeness (QED) is 0.507. The monoisotopic (exact) mass is 428 g/mol. The summed E-state index contributed by atoms with van der Waals surface area (Å²) in [5.74, 6) is 0.787. The fourth-order valence-corrected chi connectivity index (χ4v) is 5.16. The number of nitrogens with zero attached hydrogens (tertiary/aromatic N) is 3. The molecule has 9 heteroatoms. The Kier molecular flexibility index (Phi) is 5.12. The lowest BCUT2D eigenvalue weighted by Crippen LogP contribution is -2.23. The van der Waals surface area contributed by atoms with Crippen molar-refractivity contribution in [2.24, 2.45) is 0 Å². The van der Waals surface area contributed by atoms with Crippen LogP contribution < -0.4 is 9.46 Å². The first-order chi connectivity index (χ1) is 13.9. The van der Waals surface area contributed by atoms with Gasteiger partial charge in [-0.1, -0.05) is 6.07 Å². The predicted octanol–water partition coefficient (Wildman–Crippen LogP) is 3.59. The van der Waals surface area contributed by atoms with Gasteiger partial charge in [0.25, 0.3) is 0 Å². The first-order valence-corrected chi connectivity index (χ1v) is 11.2. The molecular formula is C20H20N4O3S2. The molecule has 0 saturated carbocycles. The molecule has 0 bridgehead atoms. The number of benzene rings is 2. The minimum Gasteiger partial charge on any atom is -0.497 e. The summed E-state index contributed by atoms with van der Waals surface area (Å²) in [4.78, 5) is 0.146. The highest BCUT2D eigenvalue weighted by Gasteiger charge is 2.20. The van der Waals surface area contributed by atoms with Crippen molar-refractivity contribution in [1.29, 1.82) is 0 Å². The van der Waals surface area contributed by atoms with Crippen molar-refractivity contribution in [1.82, 2.24) is 18.0 Å². The number of hydrogen-bond donors (Lipinski definition) is 1. The molecule has 0 radical (unpaired) electrons. The summed E-state index contributed by atoms with van der Waals surface area (Å²) in [5, 5.41) is 0. The van der Waals surface area contributed by atoms with Crippen LogP contribution in [-0.4, -0.2) is 28.8 Å². The van der Waals surface area contributed by atoms with Gasteiger partial charge in [0.05, 0.1) is 18.8 Å². The summed E-state index contributed by atoms with van der Waals surface area (Å²) in [6.07, 6.45) is 0. The topological polar surface area (TPSA) is 86.1 Å². The van der Waals surface area contributed by atoms with Gasteiger partial charge in [0.15, 0.2) is 0 Å². The second-order valence-corrected chi connectivity index (χ2v) is 8.91. The van der Waals surface area contributed by atoms with E-state index in [9.17, 15) is 8.42 Å². The van der Waals surface area contributed by atoms with Gasteiger partial charge in [-0.25, -0.2) is 13.1 Å². The lowest BCUT2D eigenvalue weighted by molar-refractivity contribution is 0.414. The molecule has 0 aliphatic carbocycles. The van der Waals surface area contributed by atoms with Crippen LogP contribution in [0.3, 0.4) is 0 Å². The number of aryl methyl sites for hydroxylation is 1. The minimum absolute atomic E-state index is 0.146. The van der Waals surface area contributed by atoms with Gasteiger partial charge < -0.3 is 9.30 Å². The van der Waals surface area contributed by atoms with Crippen molar-refractivity contribution in [2.45, 2.75) is 25.3 Å². The van der Waals surface area contributed by atoms with Gasteiger partial charge >= 0.3 is 0 Å². The van der Waals surface area contributed by atoms with Crippen LogP contribution in [0.2, 0.25) is 0 Å². The van der Waals surface area contributed by atoms with Crippen molar-refractivity contribution in [2.75, 3.05) is 7.11 Å². The zero-order valence-electron chi connectivity index (χ0n) is 16.2. The van der Waals surface area contributed by atoms with Crippen LogP contribution in [0.25, 0.3) is 16.7 Å². The number of nitrogens with one attached hydrogen (secondary N) is 1. The number of hydrogen-bond acceptors (Lipinski definition) is 6. The molecule has 4 aromatic rings. The third-order valence-electron chi connectivity index (χ3n) is 4.86. The molecule has 0 atom stereocenters. The Morgan fingerprint density at radius 2 is 1.86 bits per heavy atom. The number of ether oxygens (including phenoxy) is 1. The maximum Gasteiger partial charge on any atom is 0.243 e. The van der Waals surface area contributed by atoms with Crippen molar-refractivity contribution >= 4 is 32.8 Å². The number of fused-ring (bicyclic) bond motifs is 1. The fraction of sp³-hybridized carbons (Fsp3) is 0.200. The maximum absolute atomic E-state index is 12.9. The van der Waals surface area contributed by atoms with Crippen LogP contribution in [0.15, 0.2) is 53.4 Å². The Balaban J connectivity index is 1.61. The van der Waals surface area contributed by atoms with Gasteiger partial charge in [0.2, 0.25) is 10.0 Å². The van der Waals surface area contributed by atoms with E-state index in [1.807, 2.05) is 44.2 Å². The normalized spacial score (nSPS) is 11.8. The molecule has 0 unspecified atom stereocenters. The smallest absolute Gasteiger partial charge is 0.243 e. The zero-order chi connectivity index (χ0) is 20.6. The van der Waals surface area contributed by atoms with Crippen molar-refractivity contribution in [3.05, 3.63) is 65.5 Å². The number of sulfonamides is 1. The molecule has 150 valence electrons. The highest BCUT2D eigenvalue weighted by Crippen LogP contribution is 2.24. The van der Waals surface area contributed by atoms with Crippen LogP contribution in [0.5, 0.6) is 5.75 Å². The summed E-state index contributed by atoms with van der Waals surface area (Å²) in [6.45, 7) is 4.16. The van der Waals surface area contributed by atoms with Crippen LogP contribution in [-0.2, 0) is 16.6 Å². The van der Waals surface area contributed by atoms with Gasteiger partial charge in [-0.3, -0.25) is 0 Å². The summed E-state index contributed by atoms with van der Waals surface area (Å²) >= 11 is 1.00. The minimum atomic E-state index is -3.72. The summed E-state index contributed by atoms with van der Waals surface area (Å²) in [5.41, 5.74) is 4.87. The van der Waals surface area contributed by atoms with Crippen LogP contribution in [0.4, 0.5) is 0 Å². The van der Waals surface area contributed by atoms with E-state index in [1.54, 1.807) is 25.3 Å². The standard InChI is InChI=1S/C20H20N4O3S2/c1-13-11-15(14(2)24(13)16-7-9-17(27-3)10-8-16)12-21-29(25,26)19-6-4-5-18-20(19)23-28-22-18/h4-11,21H,12H2,1-3H3. The lowest BCUT2D eigenvalue weighted by Gasteiger charge is -2.11. The second-order valence-electron chi connectivity index (χ2n) is 6.64. The maximum atomic E-state index is 12.9. The number of methoxy groups -OCH3 is 1. The SMILES string of the molecule is COc1ccc(-n2c(C)cc(CNS(=O)(=O)c3cccc4nsnc34)c2C)cc1. The van der Waals surface area contributed by atoms with Crippen molar-refractivity contribution < 1.29 is 13.2 Å². The molecule has 0 amide bonds. The average Bonchev–Trinajstić information content (AvgIpc) is 3.30. The number of aromatic nitrogens is 3. The summed E-state index contributed by atoms with van der Waals surface area (Å²) < 4.78 is 44.0. The van der Waals surface area contributed by atoms with E-state index in [0.29, 0.717) is 11.0 Å². The Morgan fingerprint density at radius 1 is 1.10 bits per heavy atom. The molecule has 0 spiro atoms. The molecule has 2 aromatic carbocycles. The molecule has 7 nitrogen and oxygen atoms in total. The van der Waals surface area contributed by atoms with E-state index < -0.39 is 10.0 Å². The van der Waals surface area contributed by atoms with E-state index in [0.717, 1.165) is 40.1 Å². The molecule has 29 heavy (non-hydrogen) atoms. The molecule has 0 aliphatic rings. The van der Waals surface area contributed by atoms with Crippen molar-refractivity contribution in [3.63, 3.8) is 0 Å². The molecular weight excluding hydrogens is 408 g/mol. The highest BCUT2D eigenvalue weighted by atomic mass is 32.2. The lowest BCUT2D eigenvalue weighted by atomic mass is 10.2. The van der Waals surface area contributed by atoms with E-state index in [1.165, 1.54) is 0 Å². The molecule has 0 fully saturated rings. The summed E-state index contributed by atoms with van der Waals surface area (Å²) in [7, 11) is -2.09. The Hall–Kier alpha value is -2.75. The van der Waals surface area contributed by atoms with E-state index in [2.05, 4.69) is 18.0 Å². The number of rotatable bonds is 6. The highest BCUT2D eigenvalue weighted by molar-refractivity contribution is 7.89. The molecule has 2 aromatic heterocycles. The third kappa shape index (κ3) is 3.64. The predicted molar refractivity (Wildman–Crippen MR) is 113 cm³/mol.